The summed E-state index contributed by atoms with van der Waals surface area (Å²) in [6.07, 6.45) is 4.64. The zero-order valence-corrected chi connectivity index (χ0v) is 17.1. The lowest BCUT2D eigenvalue weighted by molar-refractivity contribution is -0.130. The largest absolute Gasteiger partial charge is 0.357 e. The first-order valence-corrected chi connectivity index (χ1v) is 8.30. The van der Waals surface area contributed by atoms with Crippen LogP contribution >= 0.6 is 24.0 Å². The number of hydrogen-bond donors (Lipinski definition) is 1. The molecule has 0 spiro atoms. The lowest BCUT2D eigenvalue weighted by Crippen LogP contribution is -2.53. The molecule has 2 rings (SSSR count). The minimum atomic E-state index is 0. The molecule has 24 heavy (non-hydrogen) atoms. The van der Waals surface area contributed by atoms with Crippen LogP contribution in [-0.2, 0) is 11.2 Å². The van der Waals surface area contributed by atoms with Gasteiger partial charge in [-0.15, -0.1) is 24.0 Å². The number of aryl methyl sites for hydroxylation is 1. The standard InChI is InChI=1S/C17H27N5O.HI/c1-4-19-17(22-11-9-21(10-12-22)15(3)23)20-8-6-16-5-7-18-13-14(16)2;/h5,7,13H,4,6,8-12H2,1-3H3,(H,19,20);1H. The van der Waals surface area contributed by atoms with Gasteiger partial charge in [-0.1, -0.05) is 0 Å². The maximum Gasteiger partial charge on any atom is 0.219 e. The van der Waals surface area contributed by atoms with E-state index in [-0.39, 0.29) is 29.9 Å². The minimum Gasteiger partial charge on any atom is -0.357 e. The van der Waals surface area contributed by atoms with Gasteiger partial charge in [-0.05, 0) is 37.5 Å². The number of piperazine rings is 1. The molecule has 1 saturated heterocycles. The van der Waals surface area contributed by atoms with E-state index in [1.54, 1.807) is 6.92 Å². The Bertz CT molecular complexity index is 556. The molecular formula is C17H28IN5O. The Labute approximate surface area is 161 Å². The lowest BCUT2D eigenvalue weighted by atomic mass is 10.1. The molecule has 1 aromatic heterocycles. The zero-order valence-electron chi connectivity index (χ0n) is 14.8. The van der Waals surface area contributed by atoms with Crippen LogP contribution in [0, 0.1) is 6.92 Å². The Kier molecular flexibility index (Phi) is 9.02. The van der Waals surface area contributed by atoms with Crippen LogP contribution in [0.1, 0.15) is 25.0 Å². The van der Waals surface area contributed by atoms with Gasteiger partial charge in [-0.25, -0.2) is 0 Å². The number of nitrogens with zero attached hydrogens (tertiary/aromatic N) is 4. The summed E-state index contributed by atoms with van der Waals surface area (Å²) in [4.78, 5) is 24.4. The first kappa shape index (κ1) is 20.7. The molecule has 134 valence electrons. The Morgan fingerprint density at radius 1 is 1.29 bits per heavy atom. The molecule has 0 aromatic carbocycles. The van der Waals surface area contributed by atoms with Crippen molar-refractivity contribution in [3.8, 4) is 0 Å². The molecule has 7 heteroatoms. The summed E-state index contributed by atoms with van der Waals surface area (Å²) in [5.74, 6) is 1.10. The van der Waals surface area contributed by atoms with Crippen molar-refractivity contribution in [2.45, 2.75) is 27.2 Å². The highest BCUT2D eigenvalue weighted by Gasteiger charge is 2.20. The summed E-state index contributed by atoms with van der Waals surface area (Å²) in [6.45, 7) is 10.6. The van der Waals surface area contributed by atoms with E-state index in [0.29, 0.717) is 0 Å². The van der Waals surface area contributed by atoms with Crippen LogP contribution in [0.5, 0.6) is 0 Å². The molecule has 0 aliphatic carbocycles. The molecule has 0 atom stereocenters. The average Bonchev–Trinajstić information content (AvgIpc) is 2.56. The number of aromatic nitrogens is 1. The van der Waals surface area contributed by atoms with E-state index in [9.17, 15) is 4.79 Å². The molecule has 0 saturated carbocycles. The fourth-order valence-electron chi connectivity index (χ4n) is 2.72. The summed E-state index contributed by atoms with van der Waals surface area (Å²) in [6, 6.07) is 2.06. The van der Waals surface area contributed by atoms with Gasteiger partial charge in [-0.2, -0.15) is 0 Å². The van der Waals surface area contributed by atoms with Crippen molar-refractivity contribution < 1.29 is 4.79 Å². The highest BCUT2D eigenvalue weighted by Crippen LogP contribution is 2.07. The van der Waals surface area contributed by atoms with Gasteiger partial charge >= 0.3 is 0 Å². The first-order valence-electron chi connectivity index (χ1n) is 8.30. The van der Waals surface area contributed by atoms with Crippen LogP contribution in [0.4, 0.5) is 0 Å². The summed E-state index contributed by atoms with van der Waals surface area (Å²) >= 11 is 0. The third-order valence-corrected chi connectivity index (χ3v) is 4.14. The molecule has 1 aromatic rings. The van der Waals surface area contributed by atoms with Gasteiger partial charge < -0.3 is 15.1 Å². The quantitative estimate of drug-likeness (QED) is 0.436. The molecule has 1 N–H and O–H groups in total. The fraction of sp³-hybridized carbons (Fsp3) is 0.588. The average molecular weight is 445 g/mol. The Hall–Kier alpha value is -1.38. The molecule has 1 fully saturated rings. The van der Waals surface area contributed by atoms with Crippen molar-refractivity contribution >= 4 is 35.8 Å². The van der Waals surface area contributed by atoms with E-state index in [2.05, 4.69) is 35.1 Å². The smallest absolute Gasteiger partial charge is 0.219 e. The number of pyridine rings is 1. The van der Waals surface area contributed by atoms with Crippen LogP contribution in [0.2, 0.25) is 0 Å². The van der Waals surface area contributed by atoms with Gasteiger partial charge in [0.25, 0.3) is 0 Å². The number of rotatable bonds is 4. The first-order chi connectivity index (χ1) is 11.1. The third kappa shape index (κ3) is 5.92. The second kappa shape index (κ2) is 10.5. The third-order valence-electron chi connectivity index (χ3n) is 4.14. The molecule has 1 aliphatic rings. The molecule has 6 nitrogen and oxygen atoms in total. The Morgan fingerprint density at radius 3 is 2.54 bits per heavy atom. The maximum absolute atomic E-state index is 11.4. The monoisotopic (exact) mass is 445 g/mol. The van der Waals surface area contributed by atoms with E-state index >= 15 is 0 Å². The number of carbonyl (C=O) groups excluding carboxylic acids is 1. The van der Waals surface area contributed by atoms with E-state index in [0.717, 1.165) is 51.6 Å². The number of halogens is 1. The number of nitrogens with one attached hydrogen (secondary N) is 1. The number of carbonyl (C=O) groups is 1. The Morgan fingerprint density at radius 2 is 1.96 bits per heavy atom. The van der Waals surface area contributed by atoms with Crippen LogP contribution in [0.15, 0.2) is 23.5 Å². The van der Waals surface area contributed by atoms with Crippen molar-refractivity contribution in [2.24, 2.45) is 4.99 Å². The number of guanidine groups is 1. The highest BCUT2D eigenvalue weighted by atomic mass is 127. The second-order valence-corrected chi connectivity index (χ2v) is 5.78. The summed E-state index contributed by atoms with van der Waals surface area (Å²) in [5, 5.41) is 3.36. The van der Waals surface area contributed by atoms with Gasteiger partial charge in [0.05, 0.1) is 0 Å². The van der Waals surface area contributed by atoms with Crippen molar-refractivity contribution in [3.63, 3.8) is 0 Å². The second-order valence-electron chi connectivity index (χ2n) is 5.78. The summed E-state index contributed by atoms with van der Waals surface area (Å²) in [5.41, 5.74) is 2.50. The van der Waals surface area contributed by atoms with Crippen LogP contribution in [-0.4, -0.2) is 65.9 Å². The van der Waals surface area contributed by atoms with Gasteiger partial charge in [0, 0.05) is 58.6 Å². The Balaban J connectivity index is 0.00000288. The number of amides is 1. The normalized spacial score (nSPS) is 15.0. The topological polar surface area (TPSA) is 60.8 Å². The zero-order chi connectivity index (χ0) is 16.7. The van der Waals surface area contributed by atoms with Gasteiger partial charge in [0.15, 0.2) is 5.96 Å². The van der Waals surface area contributed by atoms with E-state index < -0.39 is 0 Å². The summed E-state index contributed by atoms with van der Waals surface area (Å²) < 4.78 is 0. The van der Waals surface area contributed by atoms with E-state index in [1.165, 1.54) is 11.1 Å². The van der Waals surface area contributed by atoms with Crippen molar-refractivity contribution in [1.29, 1.82) is 0 Å². The lowest BCUT2D eigenvalue weighted by Gasteiger charge is -2.36. The highest BCUT2D eigenvalue weighted by molar-refractivity contribution is 14.0. The molecule has 0 unspecified atom stereocenters. The van der Waals surface area contributed by atoms with Crippen molar-refractivity contribution in [3.05, 3.63) is 29.6 Å². The SMILES string of the molecule is CCNC(=NCCc1ccncc1C)N1CCN(C(C)=O)CC1.I. The van der Waals surface area contributed by atoms with E-state index in [1.807, 2.05) is 17.3 Å². The van der Waals surface area contributed by atoms with E-state index in [4.69, 9.17) is 4.99 Å². The van der Waals surface area contributed by atoms with Gasteiger partial charge in [-0.3, -0.25) is 14.8 Å². The van der Waals surface area contributed by atoms with Gasteiger partial charge in [0.1, 0.15) is 0 Å². The molecule has 1 amide bonds. The van der Waals surface area contributed by atoms with Crippen LogP contribution in [0.3, 0.4) is 0 Å². The fourth-order valence-corrected chi connectivity index (χ4v) is 2.72. The maximum atomic E-state index is 11.4. The number of aliphatic imine (C=N–C) groups is 1. The predicted molar refractivity (Wildman–Crippen MR) is 108 cm³/mol. The van der Waals surface area contributed by atoms with Gasteiger partial charge in [0.2, 0.25) is 5.91 Å². The molecule has 0 bridgehead atoms. The van der Waals surface area contributed by atoms with Crippen molar-refractivity contribution in [2.75, 3.05) is 39.3 Å². The summed E-state index contributed by atoms with van der Waals surface area (Å²) in [7, 11) is 0. The molecule has 0 radical (unpaired) electrons. The predicted octanol–water partition coefficient (Wildman–Crippen LogP) is 1.68. The molecule has 1 aliphatic heterocycles. The van der Waals surface area contributed by atoms with Crippen LogP contribution < -0.4 is 5.32 Å². The molecular weight excluding hydrogens is 417 g/mol. The minimum absolute atomic E-state index is 0. The van der Waals surface area contributed by atoms with Crippen LogP contribution in [0.25, 0.3) is 0 Å². The van der Waals surface area contributed by atoms with Crippen molar-refractivity contribution in [1.82, 2.24) is 20.1 Å². The molecule has 2 heterocycles. The number of hydrogen-bond acceptors (Lipinski definition) is 3.